The first-order chi connectivity index (χ1) is 11.8. The third-order valence-corrected chi connectivity index (χ3v) is 5.28. The van der Waals surface area contributed by atoms with Gasteiger partial charge in [0.2, 0.25) is 5.91 Å². The van der Waals surface area contributed by atoms with Gasteiger partial charge in [0.15, 0.2) is 0 Å². The van der Waals surface area contributed by atoms with Crippen molar-refractivity contribution < 1.29 is 9.90 Å². The van der Waals surface area contributed by atoms with Crippen LogP contribution in [0.2, 0.25) is 5.02 Å². The first-order valence-electron chi connectivity index (χ1n) is 8.65. The molecule has 0 aromatic heterocycles. The van der Waals surface area contributed by atoms with E-state index in [1.807, 2.05) is 52.0 Å². The number of halogens is 1. The molecular formula is C21H24ClNO2. The normalized spacial score (nSPS) is 20.6. The number of aryl methyl sites for hydroxylation is 2. The molecule has 1 aliphatic rings. The van der Waals surface area contributed by atoms with Crippen molar-refractivity contribution in [3.05, 3.63) is 58.1 Å². The quantitative estimate of drug-likeness (QED) is 0.888. The highest BCUT2D eigenvalue weighted by Crippen LogP contribution is 2.36. The number of β-amino-alcohol motifs (C(OH)–C–C–N with tert-alkyl or cyclic N) is 1. The van der Waals surface area contributed by atoms with E-state index >= 15 is 0 Å². The molecule has 1 heterocycles. The smallest absolute Gasteiger partial charge is 0.233 e. The lowest BCUT2D eigenvalue weighted by molar-refractivity contribution is -0.130. The van der Waals surface area contributed by atoms with Crippen LogP contribution in [0.1, 0.15) is 36.5 Å². The van der Waals surface area contributed by atoms with Gasteiger partial charge in [-0.25, -0.2) is 0 Å². The Kier molecular flexibility index (Phi) is 4.90. The van der Waals surface area contributed by atoms with Crippen molar-refractivity contribution in [2.45, 2.75) is 45.8 Å². The molecule has 1 aliphatic heterocycles. The van der Waals surface area contributed by atoms with Crippen LogP contribution < -0.4 is 0 Å². The summed E-state index contributed by atoms with van der Waals surface area (Å²) in [5, 5.41) is 11.2. The number of aliphatic hydroxyl groups excluding tert-OH is 1. The van der Waals surface area contributed by atoms with Crippen molar-refractivity contribution >= 4 is 17.5 Å². The highest BCUT2D eigenvalue weighted by molar-refractivity contribution is 6.30. The molecule has 3 rings (SSSR count). The molecule has 25 heavy (non-hydrogen) atoms. The van der Waals surface area contributed by atoms with Gasteiger partial charge in [0.25, 0.3) is 0 Å². The lowest BCUT2D eigenvalue weighted by atomic mass is 9.86. The van der Waals surface area contributed by atoms with Crippen LogP contribution in [-0.2, 0) is 4.79 Å². The van der Waals surface area contributed by atoms with Crippen molar-refractivity contribution in [1.29, 1.82) is 0 Å². The maximum absolute atomic E-state index is 12.8. The Hall–Kier alpha value is -1.84. The van der Waals surface area contributed by atoms with E-state index in [4.69, 9.17) is 11.6 Å². The summed E-state index contributed by atoms with van der Waals surface area (Å²) in [6.45, 7) is 8.39. The van der Waals surface area contributed by atoms with Crippen molar-refractivity contribution in [2.75, 3.05) is 6.54 Å². The molecule has 1 fully saturated rings. The van der Waals surface area contributed by atoms with Crippen molar-refractivity contribution in [2.24, 2.45) is 0 Å². The maximum atomic E-state index is 12.8. The standard InChI is InChI=1S/C21H24ClNO2/c1-12(2)23-11-18(24)20(21(23)25)19-13(3)9-16(10-14(19)4)15-5-7-17(22)8-6-15/h5-10,12,18,20,24H,11H2,1-4H3. The molecule has 2 unspecified atom stereocenters. The fraction of sp³-hybridized carbons (Fsp3) is 0.381. The zero-order valence-corrected chi connectivity index (χ0v) is 15.8. The number of benzene rings is 2. The summed E-state index contributed by atoms with van der Waals surface area (Å²) in [5.74, 6) is -0.449. The van der Waals surface area contributed by atoms with Crippen LogP contribution in [0.5, 0.6) is 0 Å². The van der Waals surface area contributed by atoms with E-state index in [2.05, 4.69) is 12.1 Å². The second-order valence-electron chi connectivity index (χ2n) is 7.16. The van der Waals surface area contributed by atoms with Crippen LogP contribution in [-0.4, -0.2) is 34.6 Å². The molecule has 0 aliphatic carbocycles. The Balaban J connectivity index is 2.01. The molecule has 1 saturated heterocycles. The van der Waals surface area contributed by atoms with Crippen molar-refractivity contribution in [3.8, 4) is 11.1 Å². The molecule has 4 heteroatoms. The average molecular weight is 358 g/mol. The highest BCUT2D eigenvalue weighted by Gasteiger charge is 2.42. The van der Waals surface area contributed by atoms with E-state index < -0.39 is 12.0 Å². The molecule has 2 aromatic rings. The van der Waals surface area contributed by atoms with Crippen LogP contribution in [0.4, 0.5) is 0 Å². The Morgan fingerprint density at radius 3 is 2.12 bits per heavy atom. The summed E-state index contributed by atoms with van der Waals surface area (Å²) in [5.41, 5.74) is 5.21. The van der Waals surface area contributed by atoms with E-state index in [0.717, 1.165) is 27.8 Å². The number of likely N-dealkylation sites (tertiary alicyclic amines) is 1. The molecule has 132 valence electrons. The lowest BCUT2D eigenvalue weighted by Gasteiger charge is -2.22. The predicted octanol–water partition coefficient (Wildman–Crippen LogP) is 4.32. The topological polar surface area (TPSA) is 40.5 Å². The zero-order chi connectivity index (χ0) is 18.3. The highest BCUT2D eigenvalue weighted by atomic mass is 35.5. The fourth-order valence-corrected chi connectivity index (χ4v) is 3.92. The number of carbonyl (C=O) groups excluding carboxylic acids is 1. The van der Waals surface area contributed by atoms with Gasteiger partial charge >= 0.3 is 0 Å². The van der Waals surface area contributed by atoms with Crippen molar-refractivity contribution in [1.82, 2.24) is 4.90 Å². The Morgan fingerprint density at radius 2 is 1.64 bits per heavy atom. The lowest BCUT2D eigenvalue weighted by Crippen LogP contribution is -2.33. The maximum Gasteiger partial charge on any atom is 0.233 e. The molecular weight excluding hydrogens is 334 g/mol. The van der Waals surface area contributed by atoms with Gasteiger partial charge in [0.1, 0.15) is 0 Å². The number of nitrogens with zero attached hydrogens (tertiary/aromatic N) is 1. The number of amides is 1. The summed E-state index contributed by atoms with van der Waals surface area (Å²) < 4.78 is 0. The second-order valence-corrected chi connectivity index (χ2v) is 7.60. The minimum atomic E-state index is -0.659. The minimum absolute atomic E-state index is 0.0212. The SMILES string of the molecule is Cc1cc(-c2ccc(Cl)cc2)cc(C)c1C1C(=O)N(C(C)C)CC1O. The van der Waals surface area contributed by atoms with E-state index in [0.29, 0.717) is 11.6 Å². The number of rotatable bonds is 3. The number of carbonyl (C=O) groups is 1. The Morgan fingerprint density at radius 1 is 1.08 bits per heavy atom. The molecule has 2 aromatic carbocycles. The summed E-state index contributed by atoms with van der Waals surface area (Å²) in [6.07, 6.45) is -0.659. The summed E-state index contributed by atoms with van der Waals surface area (Å²) in [7, 11) is 0. The molecule has 0 saturated carbocycles. The number of aliphatic hydroxyl groups is 1. The third-order valence-electron chi connectivity index (χ3n) is 5.02. The molecule has 1 N–H and O–H groups in total. The van der Waals surface area contributed by atoms with Gasteiger partial charge in [-0.15, -0.1) is 0 Å². The van der Waals surface area contributed by atoms with E-state index in [-0.39, 0.29) is 11.9 Å². The van der Waals surface area contributed by atoms with Gasteiger partial charge in [-0.2, -0.15) is 0 Å². The van der Waals surface area contributed by atoms with E-state index in [1.165, 1.54) is 0 Å². The molecule has 0 bridgehead atoms. The molecule has 0 spiro atoms. The molecule has 3 nitrogen and oxygen atoms in total. The summed E-state index contributed by atoms with van der Waals surface area (Å²) >= 11 is 5.97. The minimum Gasteiger partial charge on any atom is -0.390 e. The fourth-order valence-electron chi connectivity index (χ4n) is 3.80. The van der Waals surface area contributed by atoms with Crippen LogP contribution in [0, 0.1) is 13.8 Å². The van der Waals surface area contributed by atoms with Crippen molar-refractivity contribution in [3.63, 3.8) is 0 Å². The Bertz CT molecular complexity index is 775. The monoisotopic (exact) mass is 357 g/mol. The molecule has 2 atom stereocenters. The second kappa shape index (κ2) is 6.81. The first-order valence-corrected chi connectivity index (χ1v) is 9.03. The van der Waals surface area contributed by atoms with Gasteiger partial charge < -0.3 is 10.0 Å². The predicted molar refractivity (Wildman–Crippen MR) is 102 cm³/mol. The van der Waals surface area contributed by atoms with E-state index in [1.54, 1.807) is 4.90 Å². The first kappa shape index (κ1) is 18.0. The van der Waals surface area contributed by atoms with Gasteiger partial charge in [-0.3, -0.25) is 4.79 Å². The van der Waals surface area contributed by atoms with Crippen LogP contribution >= 0.6 is 11.6 Å². The van der Waals surface area contributed by atoms with Gasteiger partial charge in [-0.05, 0) is 67.6 Å². The average Bonchev–Trinajstić information content (AvgIpc) is 2.83. The largest absolute Gasteiger partial charge is 0.390 e. The van der Waals surface area contributed by atoms with Gasteiger partial charge in [-0.1, -0.05) is 35.9 Å². The Labute approximate surface area is 154 Å². The number of hydrogen-bond acceptors (Lipinski definition) is 2. The van der Waals surface area contributed by atoms with Gasteiger partial charge in [0, 0.05) is 17.6 Å². The zero-order valence-electron chi connectivity index (χ0n) is 15.1. The third kappa shape index (κ3) is 3.31. The van der Waals surface area contributed by atoms with Crippen LogP contribution in [0.15, 0.2) is 36.4 Å². The van der Waals surface area contributed by atoms with Crippen LogP contribution in [0.25, 0.3) is 11.1 Å². The molecule has 1 amide bonds. The van der Waals surface area contributed by atoms with Crippen LogP contribution in [0.3, 0.4) is 0 Å². The number of hydrogen-bond donors (Lipinski definition) is 1. The summed E-state index contributed by atoms with van der Waals surface area (Å²) in [4.78, 5) is 14.6. The van der Waals surface area contributed by atoms with E-state index in [9.17, 15) is 9.90 Å². The van der Waals surface area contributed by atoms with Gasteiger partial charge in [0.05, 0.1) is 12.0 Å². The molecule has 0 radical (unpaired) electrons. The summed E-state index contributed by atoms with van der Waals surface area (Å²) in [6, 6.07) is 12.0.